The molecule has 0 atom stereocenters. The summed E-state index contributed by atoms with van der Waals surface area (Å²) >= 11 is 12.4. The monoisotopic (exact) mass is 367 g/mol. The van der Waals surface area contributed by atoms with Crippen molar-refractivity contribution in [2.24, 2.45) is 9.98 Å². The van der Waals surface area contributed by atoms with E-state index in [1.165, 1.54) is 0 Å². The number of benzene rings is 1. The van der Waals surface area contributed by atoms with E-state index in [4.69, 9.17) is 23.2 Å². The maximum Gasteiger partial charge on any atom is 0.164 e. The molecule has 0 saturated heterocycles. The third-order valence-corrected chi connectivity index (χ3v) is 4.28. The molecule has 2 aromatic heterocycles. The third-order valence-electron chi connectivity index (χ3n) is 3.56. The second-order valence-electron chi connectivity index (χ2n) is 5.24. The quantitative estimate of drug-likeness (QED) is 0.711. The van der Waals surface area contributed by atoms with Crippen LogP contribution in [0.3, 0.4) is 0 Å². The summed E-state index contributed by atoms with van der Waals surface area (Å²) in [7, 11) is 0. The Bertz CT molecular complexity index is 985. The van der Waals surface area contributed by atoms with E-state index in [2.05, 4.69) is 25.3 Å². The number of halogens is 2. The number of hydrogen-bond acceptors (Lipinski definition) is 4. The first-order valence-electron chi connectivity index (χ1n) is 7.47. The van der Waals surface area contributed by atoms with E-state index in [-0.39, 0.29) is 0 Å². The van der Waals surface area contributed by atoms with Crippen molar-refractivity contribution in [3.05, 3.63) is 82.1 Å². The van der Waals surface area contributed by atoms with E-state index in [0.717, 1.165) is 11.1 Å². The normalized spacial score (nSPS) is 14.3. The van der Waals surface area contributed by atoms with Gasteiger partial charge in [-0.15, -0.1) is 0 Å². The van der Waals surface area contributed by atoms with Crippen LogP contribution in [0.5, 0.6) is 0 Å². The number of rotatable bonds is 2. The van der Waals surface area contributed by atoms with Crippen LogP contribution in [-0.2, 0) is 0 Å². The Morgan fingerprint density at radius 3 is 2.24 bits per heavy atom. The van der Waals surface area contributed by atoms with Gasteiger partial charge in [0.05, 0.1) is 10.0 Å². The van der Waals surface area contributed by atoms with Crippen molar-refractivity contribution >= 4 is 46.5 Å². The number of nitrogens with one attached hydrogen (secondary N) is 1. The van der Waals surface area contributed by atoms with Gasteiger partial charge < -0.3 is 5.32 Å². The lowest BCUT2D eigenvalue weighted by molar-refractivity contribution is 1.27. The summed E-state index contributed by atoms with van der Waals surface area (Å²) < 4.78 is 0. The molecule has 1 aliphatic heterocycles. The number of pyridine rings is 2. The molecule has 1 aliphatic rings. The number of hydrogen-bond donors (Lipinski definition) is 1. The van der Waals surface area contributed by atoms with Gasteiger partial charge in [0.25, 0.3) is 0 Å². The minimum atomic E-state index is 0.448. The number of amidine groups is 2. The van der Waals surface area contributed by atoms with Crippen molar-refractivity contribution in [2.45, 2.75) is 0 Å². The smallest absolute Gasteiger partial charge is 0.164 e. The molecule has 0 radical (unpaired) electrons. The Balaban J connectivity index is 1.81. The third kappa shape index (κ3) is 3.24. The van der Waals surface area contributed by atoms with E-state index in [9.17, 15) is 0 Å². The van der Waals surface area contributed by atoms with Crippen LogP contribution in [-0.4, -0.2) is 21.6 Å². The van der Waals surface area contributed by atoms with Crippen molar-refractivity contribution < 1.29 is 0 Å². The van der Waals surface area contributed by atoms with Gasteiger partial charge in [0, 0.05) is 23.5 Å². The number of aromatic nitrogens is 2. The average molecular weight is 368 g/mol. The van der Waals surface area contributed by atoms with Gasteiger partial charge in [-0.05, 0) is 36.4 Å². The highest BCUT2D eigenvalue weighted by Crippen LogP contribution is 2.31. The van der Waals surface area contributed by atoms with E-state index in [0.29, 0.717) is 33.4 Å². The molecule has 1 aromatic carbocycles. The van der Waals surface area contributed by atoms with Crippen LogP contribution in [0, 0.1) is 0 Å². The lowest BCUT2D eigenvalue weighted by Crippen LogP contribution is -2.12. The van der Waals surface area contributed by atoms with Gasteiger partial charge in [0.15, 0.2) is 11.7 Å². The van der Waals surface area contributed by atoms with E-state index >= 15 is 0 Å². The lowest BCUT2D eigenvalue weighted by atomic mass is 10.1. The number of aliphatic imine (C=N–C) groups is 2. The van der Waals surface area contributed by atoms with Crippen LogP contribution in [0.1, 0.15) is 11.1 Å². The van der Waals surface area contributed by atoms with E-state index in [1.807, 2.05) is 36.4 Å². The first-order valence-corrected chi connectivity index (χ1v) is 8.22. The van der Waals surface area contributed by atoms with E-state index < -0.39 is 0 Å². The average Bonchev–Trinajstić information content (AvgIpc) is 2.94. The zero-order valence-electron chi connectivity index (χ0n) is 12.8. The molecule has 1 N–H and O–H groups in total. The van der Waals surface area contributed by atoms with Crippen molar-refractivity contribution in [3.63, 3.8) is 0 Å². The number of nitrogens with zero attached hydrogens (tertiary/aromatic N) is 4. The first-order chi connectivity index (χ1) is 12.2. The van der Waals surface area contributed by atoms with Gasteiger partial charge in [0.2, 0.25) is 0 Å². The van der Waals surface area contributed by atoms with Crippen LogP contribution in [0.2, 0.25) is 10.0 Å². The molecule has 0 spiro atoms. The van der Waals surface area contributed by atoms with Crippen molar-refractivity contribution in [3.8, 4) is 0 Å². The molecule has 0 unspecified atom stereocenters. The van der Waals surface area contributed by atoms with Crippen molar-refractivity contribution in [1.82, 2.24) is 9.97 Å². The summed E-state index contributed by atoms with van der Waals surface area (Å²) in [5.41, 5.74) is 1.60. The van der Waals surface area contributed by atoms with Gasteiger partial charge in [-0.25, -0.2) is 20.0 Å². The molecular formula is C18H11Cl2N5. The number of fused-ring (bicyclic) bond motifs is 1. The summed E-state index contributed by atoms with van der Waals surface area (Å²) in [5.74, 6) is 2.38. The highest BCUT2D eigenvalue weighted by atomic mass is 35.5. The Labute approximate surface area is 154 Å². The van der Waals surface area contributed by atoms with Crippen LogP contribution in [0.25, 0.3) is 0 Å². The van der Waals surface area contributed by atoms with E-state index in [1.54, 1.807) is 24.5 Å². The highest BCUT2D eigenvalue weighted by molar-refractivity contribution is 6.43. The maximum atomic E-state index is 6.19. The Hall–Kier alpha value is -2.76. The van der Waals surface area contributed by atoms with Crippen molar-refractivity contribution in [2.75, 3.05) is 5.32 Å². The Kier molecular flexibility index (Phi) is 4.17. The topological polar surface area (TPSA) is 62.5 Å². The van der Waals surface area contributed by atoms with Gasteiger partial charge in [0.1, 0.15) is 11.7 Å². The molecular weight excluding hydrogens is 357 g/mol. The summed E-state index contributed by atoms with van der Waals surface area (Å²) in [6, 6.07) is 14.6. The summed E-state index contributed by atoms with van der Waals surface area (Å²) in [4.78, 5) is 17.6. The Morgan fingerprint density at radius 2 is 1.56 bits per heavy atom. The van der Waals surface area contributed by atoms with Crippen molar-refractivity contribution in [1.29, 1.82) is 0 Å². The Morgan fingerprint density at radius 1 is 0.840 bits per heavy atom. The minimum absolute atomic E-state index is 0.448. The molecule has 25 heavy (non-hydrogen) atoms. The molecule has 5 nitrogen and oxygen atoms in total. The van der Waals surface area contributed by atoms with Crippen LogP contribution in [0.4, 0.5) is 11.6 Å². The molecule has 3 heterocycles. The molecule has 3 aromatic rings. The minimum Gasteiger partial charge on any atom is -0.324 e. The summed E-state index contributed by atoms with van der Waals surface area (Å²) in [5, 5.41) is 4.10. The predicted molar refractivity (Wildman–Crippen MR) is 101 cm³/mol. The molecule has 4 rings (SSSR count). The predicted octanol–water partition coefficient (Wildman–Crippen LogP) is 4.73. The fourth-order valence-electron chi connectivity index (χ4n) is 2.42. The zero-order valence-corrected chi connectivity index (χ0v) is 14.3. The fraction of sp³-hybridized carbons (Fsp3) is 0. The molecule has 7 heteroatoms. The largest absolute Gasteiger partial charge is 0.324 e. The molecule has 0 saturated carbocycles. The van der Waals surface area contributed by atoms with Gasteiger partial charge in [-0.2, -0.15) is 0 Å². The van der Waals surface area contributed by atoms with Gasteiger partial charge >= 0.3 is 0 Å². The summed E-state index contributed by atoms with van der Waals surface area (Å²) in [6.45, 7) is 0. The van der Waals surface area contributed by atoms with Gasteiger partial charge in [-0.3, -0.25) is 0 Å². The molecule has 0 bridgehead atoms. The molecule has 0 aliphatic carbocycles. The number of anilines is 1. The van der Waals surface area contributed by atoms with Gasteiger partial charge in [-0.1, -0.05) is 35.3 Å². The zero-order chi connectivity index (χ0) is 17.2. The summed E-state index contributed by atoms with van der Waals surface area (Å²) in [6.07, 6.45) is 3.39. The fourth-order valence-corrected chi connectivity index (χ4v) is 2.75. The second-order valence-corrected chi connectivity index (χ2v) is 6.05. The molecule has 0 fully saturated rings. The van der Waals surface area contributed by atoms with Crippen LogP contribution >= 0.6 is 23.2 Å². The van der Waals surface area contributed by atoms with Crippen LogP contribution in [0.15, 0.2) is 70.9 Å². The van der Waals surface area contributed by atoms with Crippen LogP contribution < -0.4 is 5.32 Å². The molecule has 0 amide bonds. The lowest BCUT2D eigenvalue weighted by Gasteiger charge is -2.07. The highest BCUT2D eigenvalue weighted by Gasteiger charge is 2.24. The SMILES string of the molecule is Clc1cc2c(cc1Cl)/C(=N/c1ccccn1)N=C2Nc1ccccn1. The molecule has 122 valence electrons. The maximum absolute atomic E-state index is 6.19. The second kappa shape index (κ2) is 6.63. The first kappa shape index (κ1) is 15.7. The standard InChI is InChI=1S/C18H11Cl2N5/c19-13-9-11-12(10-14(13)20)18(24-16-6-2-4-8-22-16)25-17(11)23-15-5-1-3-7-21-15/h1-10H,(H,21,22,23,24,25).